The largest absolute Gasteiger partial charge is 0.495 e. The standard InChI is InChI=1S/C20H23ClN4O2/c1-27-18-8-7-15(21)13-17(18)24-19(26)16-10-12-23-20(25-16)22-11-9-14-5-3-2-4-6-14/h5,7-8,10,12-13H,2-4,6,9,11H2,1H3,(H,24,26)(H,22,23,25). The molecule has 1 aliphatic rings. The van der Waals surface area contributed by atoms with Gasteiger partial charge in [0.05, 0.1) is 12.8 Å². The first-order chi connectivity index (χ1) is 13.2. The van der Waals surface area contributed by atoms with E-state index in [0.717, 1.165) is 13.0 Å². The summed E-state index contributed by atoms with van der Waals surface area (Å²) in [6, 6.07) is 6.60. The summed E-state index contributed by atoms with van der Waals surface area (Å²) in [5.74, 6) is 0.619. The minimum atomic E-state index is -0.351. The summed E-state index contributed by atoms with van der Waals surface area (Å²) >= 11 is 6.00. The molecule has 0 aliphatic heterocycles. The van der Waals surface area contributed by atoms with Crippen molar-refractivity contribution in [3.63, 3.8) is 0 Å². The Bertz CT molecular complexity index is 838. The molecule has 1 aromatic carbocycles. The number of nitrogens with zero attached hydrogens (tertiary/aromatic N) is 2. The lowest BCUT2D eigenvalue weighted by molar-refractivity contribution is 0.102. The smallest absolute Gasteiger partial charge is 0.274 e. The lowest BCUT2D eigenvalue weighted by Gasteiger charge is -2.13. The van der Waals surface area contributed by atoms with E-state index in [1.807, 2.05) is 0 Å². The van der Waals surface area contributed by atoms with Gasteiger partial charge in [0.1, 0.15) is 11.4 Å². The third-order valence-corrected chi connectivity index (χ3v) is 4.65. The maximum atomic E-state index is 12.5. The molecule has 0 unspecified atom stereocenters. The summed E-state index contributed by atoms with van der Waals surface area (Å²) in [5, 5.41) is 6.48. The Morgan fingerprint density at radius 1 is 1.30 bits per heavy atom. The van der Waals surface area contributed by atoms with Gasteiger partial charge in [-0.05, 0) is 56.4 Å². The van der Waals surface area contributed by atoms with Gasteiger partial charge in [-0.2, -0.15) is 0 Å². The van der Waals surface area contributed by atoms with Crippen LogP contribution >= 0.6 is 11.6 Å². The molecule has 1 aliphatic carbocycles. The maximum Gasteiger partial charge on any atom is 0.274 e. The van der Waals surface area contributed by atoms with Crippen LogP contribution < -0.4 is 15.4 Å². The second-order valence-corrected chi connectivity index (χ2v) is 6.79. The highest BCUT2D eigenvalue weighted by molar-refractivity contribution is 6.31. The number of halogens is 1. The zero-order valence-corrected chi connectivity index (χ0v) is 16.1. The second-order valence-electron chi connectivity index (χ2n) is 6.35. The number of rotatable bonds is 7. The number of ether oxygens (including phenoxy) is 1. The topological polar surface area (TPSA) is 76.1 Å². The van der Waals surface area contributed by atoms with Gasteiger partial charge in [0.25, 0.3) is 5.91 Å². The monoisotopic (exact) mass is 386 g/mol. The molecule has 1 aromatic heterocycles. The van der Waals surface area contributed by atoms with Crippen molar-refractivity contribution in [1.82, 2.24) is 9.97 Å². The zero-order valence-electron chi connectivity index (χ0n) is 15.3. The van der Waals surface area contributed by atoms with Crippen LogP contribution in [0.4, 0.5) is 11.6 Å². The normalized spacial score (nSPS) is 13.6. The molecular formula is C20H23ClN4O2. The molecule has 0 saturated heterocycles. The number of hydrogen-bond donors (Lipinski definition) is 2. The van der Waals surface area contributed by atoms with E-state index in [1.165, 1.54) is 38.4 Å². The van der Waals surface area contributed by atoms with Gasteiger partial charge in [-0.15, -0.1) is 0 Å². The molecule has 7 heteroatoms. The molecule has 2 N–H and O–H groups in total. The van der Waals surface area contributed by atoms with E-state index < -0.39 is 0 Å². The quantitative estimate of drug-likeness (QED) is 0.675. The van der Waals surface area contributed by atoms with Crippen LogP contribution in [0.5, 0.6) is 5.75 Å². The first-order valence-electron chi connectivity index (χ1n) is 9.05. The van der Waals surface area contributed by atoms with E-state index in [1.54, 1.807) is 30.5 Å². The molecule has 6 nitrogen and oxygen atoms in total. The highest BCUT2D eigenvalue weighted by atomic mass is 35.5. The van der Waals surface area contributed by atoms with Crippen LogP contribution in [0, 0.1) is 0 Å². The average molecular weight is 387 g/mol. The van der Waals surface area contributed by atoms with Crippen molar-refractivity contribution in [3.8, 4) is 5.75 Å². The number of carbonyl (C=O) groups is 1. The number of allylic oxidation sites excluding steroid dienone is 1. The molecule has 0 fully saturated rings. The summed E-state index contributed by atoms with van der Waals surface area (Å²) < 4.78 is 5.25. The van der Waals surface area contributed by atoms with Gasteiger partial charge in [0.2, 0.25) is 5.95 Å². The molecule has 0 spiro atoms. The third kappa shape index (κ3) is 5.44. The number of amides is 1. The zero-order chi connectivity index (χ0) is 19.1. The lowest BCUT2D eigenvalue weighted by Crippen LogP contribution is -2.16. The van der Waals surface area contributed by atoms with Crippen LogP contribution in [0.15, 0.2) is 42.1 Å². The van der Waals surface area contributed by atoms with Crippen LogP contribution in [0.2, 0.25) is 5.02 Å². The van der Waals surface area contributed by atoms with E-state index in [9.17, 15) is 4.79 Å². The molecule has 1 amide bonds. The highest BCUT2D eigenvalue weighted by Crippen LogP contribution is 2.28. The van der Waals surface area contributed by atoms with Crippen molar-refractivity contribution in [2.24, 2.45) is 0 Å². The highest BCUT2D eigenvalue weighted by Gasteiger charge is 2.13. The van der Waals surface area contributed by atoms with Gasteiger partial charge in [-0.25, -0.2) is 9.97 Å². The number of hydrogen-bond acceptors (Lipinski definition) is 5. The molecule has 0 radical (unpaired) electrons. The Kier molecular flexibility index (Phi) is 6.65. The van der Waals surface area contributed by atoms with E-state index in [0.29, 0.717) is 22.4 Å². The van der Waals surface area contributed by atoms with Crippen molar-refractivity contribution in [2.75, 3.05) is 24.3 Å². The van der Waals surface area contributed by atoms with E-state index in [-0.39, 0.29) is 11.6 Å². The van der Waals surface area contributed by atoms with Crippen LogP contribution in [-0.2, 0) is 0 Å². The van der Waals surface area contributed by atoms with E-state index in [2.05, 4.69) is 26.7 Å². The van der Waals surface area contributed by atoms with Gasteiger partial charge < -0.3 is 15.4 Å². The molecule has 3 rings (SSSR count). The SMILES string of the molecule is COc1ccc(Cl)cc1NC(=O)c1ccnc(NCCC2=CCCCC2)n1. The minimum absolute atomic E-state index is 0.270. The van der Waals surface area contributed by atoms with Gasteiger partial charge in [-0.1, -0.05) is 23.3 Å². The van der Waals surface area contributed by atoms with Gasteiger partial charge in [0, 0.05) is 17.8 Å². The average Bonchev–Trinajstić information content (AvgIpc) is 2.69. The van der Waals surface area contributed by atoms with Gasteiger partial charge in [0.15, 0.2) is 0 Å². The van der Waals surface area contributed by atoms with E-state index >= 15 is 0 Å². The fourth-order valence-electron chi connectivity index (χ4n) is 3.00. The summed E-state index contributed by atoms with van der Waals surface area (Å²) in [6.07, 6.45) is 9.77. The number of carbonyl (C=O) groups excluding carboxylic acids is 1. The Hall–Kier alpha value is -2.60. The van der Waals surface area contributed by atoms with Gasteiger partial charge in [-0.3, -0.25) is 4.79 Å². The summed E-state index contributed by atoms with van der Waals surface area (Å²) in [4.78, 5) is 21.0. The van der Waals surface area contributed by atoms with Crippen LogP contribution in [0.3, 0.4) is 0 Å². The first-order valence-corrected chi connectivity index (χ1v) is 9.43. The lowest BCUT2D eigenvalue weighted by atomic mass is 9.97. The predicted octanol–water partition coefficient (Wildman–Crippen LogP) is 4.69. The van der Waals surface area contributed by atoms with Gasteiger partial charge >= 0.3 is 0 Å². The van der Waals surface area contributed by atoms with E-state index in [4.69, 9.17) is 16.3 Å². The number of benzene rings is 1. The molecule has 1 heterocycles. The Balaban J connectivity index is 1.61. The molecule has 0 saturated carbocycles. The summed E-state index contributed by atoms with van der Waals surface area (Å²) in [5.41, 5.74) is 2.24. The second kappa shape index (κ2) is 9.37. The van der Waals surface area contributed by atoms with Crippen LogP contribution in [0.25, 0.3) is 0 Å². The number of methoxy groups -OCH3 is 1. The minimum Gasteiger partial charge on any atom is -0.495 e. The van der Waals surface area contributed by atoms with Crippen molar-refractivity contribution >= 4 is 29.1 Å². The van der Waals surface area contributed by atoms with Crippen LogP contribution in [-0.4, -0.2) is 29.5 Å². The van der Waals surface area contributed by atoms with Crippen molar-refractivity contribution < 1.29 is 9.53 Å². The molecule has 0 bridgehead atoms. The molecule has 142 valence electrons. The summed E-state index contributed by atoms with van der Waals surface area (Å²) in [6.45, 7) is 0.749. The number of nitrogens with one attached hydrogen (secondary N) is 2. The predicted molar refractivity (Wildman–Crippen MR) is 108 cm³/mol. The number of anilines is 2. The summed E-state index contributed by atoms with van der Waals surface area (Å²) in [7, 11) is 1.54. The molecule has 0 atom stereocenters. The Morgan fingerprint density at radius 2 is 2.19 bits per heavy atom. The fourth-order valence-corrected chi connectivity index (χ4v) is 3.17. The molecule has 27 heavy (non-hydrogen) atoms. The Morgan fingerprint density at radius 3 is 2.96 bits per heavy atom. The van der Waals surface area contributed by atoms with Crippen molar-refractivity contribution in [2.45, 2.75) is 32.1 Å². The van der Waals surface area contributed by atoms with Crippen molar-refractivity contribution in [3.05, 3.63) is 52.8 Å². The molecule has 2 aromatic rings. The Labute approximate surface area is 164 Å². The molecular weight excluding hydrogens is 364 g/mol. The number of aromatic nitrogens is 2. The maximum absolute atomic E-state index is 12.5. The van der Waals surface area contributed by atoms with Crippen LogP contribution in [0.1, 0.15) is 42.6 Å². The first kappa shape index (κ1) is 19.2. The van der Waals surface area contributed by atoms with Crippen molar-refractivity contribution in [1.29, 1.82) is 0 Å². The third-order valence-electron chi connectivity index (χ3n) is 4.41. The fraction of sp³-hybridized carbons (Fsp3) is 0.350.